The second kappa shape index (κ2) is 10.0. The molecule has 0 aromatic heterocycles. The van der Waals surface area contributed by atoms with Crippen LogP contribution < -0.4 is 19.5 Å². The van der Waals surface area contributed by atoms with E-state index in [0.717, 1.165) is 17.7 Å². The van der Waals surface area contributed by atoms with Gasteiger partial charge in [-0.05, 0) is 67.1 Å². The number of amides is 1. The number of anilines is 2. The van der Waals surface area contributed by atoms with Crippen LogP contribution in [-0.4, -0.2) is 28.0 Å². The molecule has 3 aromatic carbocycles. The van der Waals surface area contributed by atoms with Crippen LogP contribution in [0.5, 0.6) is 11.5 Å². The van der Waals surface area contributed by atoms with Crippen LogP contribution in [0.1, 0.15) is 11.1 Å². The maximum absolute atomic E-state index is 12.9. The first-order valence-electron chi connectivity index (χ1n) is 9.85. The first kappa shape index (κ1) is 24.9. The molecule has 0 aliphatic heterocycles. The van der Waals surface area contributed by atoms with Crippen LogP contribution in [0.2, 0.25) is 0 Å². The Hall–Kier alpha value is -3.73. The van der Waals surface area contributed by atoms with Crippen molar-refractivity contribution < 1.29 is 35.9 Å². The van der Waals surface area contributed by atoms with E-state index in [2.05, 4.69) is 10.0 Å². The van der Waals surface area contributed by atoms with Crippen molar-refractivity contribution in [2.24, 2.45) is 0 Å². The standard InChI is InChI=1S/C23H21F3N2O5S/c1-15-6-11-20(21(12-15)32-2)33-14-22(29)27-17-7-9-19(10-8-17)34(30,31)28-18-5-3-4-16(13-18)23(24,25)26/h3-13,28H,14H2,1-2H3,(H,27,29). The number of nitrogens with one attached hydrogen (secondary N) is 2. The third kappa shape index (κ3) is 6.41. The van der Waals surface area contributed by atoms with Crippen LogP contribution >= 0.6 is 0 Å². The smallest absolute Gasteiger partial charge is 0.416 e. The summed E-state index contributed by atoms with van der Waals surface area (Å²) in [5.74, 6) is 0.390. The van der Waals surface area contributed by atoms with Gasteiger partial charge in [-0.15, -0.1) is 0 Å². The summed E-state index contributed by atoms with van der Waals surface area (Å²) in [6, 6.07) is 14.3. The molecule has 0 saturated carbocycles. The molecule has 34 heavy (non-hydrogen) atoms. The predicted molar refractivity (Wildman–Crippen MR) is 121 cm³/mol. The van der Waals surface area contributed by atoms with Crippen molar-refractivity contribution >= 4 is 27.3 Å². The van der Waals surface area contributed by atoms with E-state index in [4.69, 9.17) is 9.47 Å². The number of ether oxygens (including phenoxy) is 2. The topological polar surface area (TPSA) is 93.7 Å². The molecule has 180 valence electrons. The number of carbonyl (C=O) groups is 1. The van der Waals surface area contributed by atoms with E-state index in [1.165, 1.54) is 37.4 Å². The third-order valence-corrected chi connectivity index (χ3v) is 5.97. The zero-order valence-electron chi connectivity index (χ0n) is 18.1. The molecule has 0 saturated heterocycles. The molecule has 3 aromatic rings. The summed E-state index contributed by atoms with van der Waals surface area (Å²) in [5, 5.41) is 2.57. The monoisotopic (exact) mass is 494 g/mol. The van der Waals surface area contributed by atoms with Crippen molar-refractivity contribution in [1.82, 2.24) is 0 Å². The van der Waals surface area contributed by atoms with Gasteiger partial charge >= 0.3 is 6.18 Å². The van der Waals surface area contributed by atoms with Gasteiger partial charge in [-0.25, -0.2) is 8.42 Å². The lowest BCUT2D eigenvalue weighted by molar-refractivity contribution is -0.137. The van der Waals surface area contributed by atoms with Crippen molar-refractivity contribution in [2.75, 3.05) is 23.8 Å². The number of sulfonamides is 1. The van der Waals surface area contributed by atoms with Crippen molar-refractivity contribution in [3.05, 3.63) is 77.9 Å². The number of halogens is 3. The summed E-state index contributed by atoms with van der Waals surface area (Å²) in [6.07, 6.45) is -4.60. The molecule has 3 rings (SSSR count). The quantitative estimate of drug-likeness (QED) is 0.468. The van der Waals surface area contributed by atoms with Gasteiger partial charge in [0.1, 0.15) is 0 Å². The highest BCUT2D eigenvalue weighted by atomic mass is 32.2. The van der Waals surface area contributed by atoms with Gasteiger partial charge < -0.3 is 14.8 Å². The first-order valence-corrected chi connectivity index (χ1v) is 11.3. The molecule has 0 aliphatic carbocycles. The zero-order chi connectivity index (χ0) is 24.9. The van der Waals surface area contributed by atoms with Crippen molar-refractivity contribution in [3.63, 3.8) is 0 Å². The molecule has 7 nitrogen and oxygen atoms in total. The van der Waals surface area contributed by atoms with E-state index in [-0.39, 0.29) is 17.2 Å². The predicted octanol–water partition coefficient (Wildman–Crippen LogP) is 4.84. The summed E-state index contributed by atoms with van der Waals surface area (Å²) in [5.41, 5.74) is 0.0702. The van der Waals surface area contributed by atoms with Gasteiger partial charge in [0.05, 0.1) is 17.6 Å². The fourth-order valence-electron chi connectivity index (χ4n) is 2.92. The lowest BCUT2D eigenvalue weighted by Gasteiger charge is -2.12. The normalized spacial score (nSPS) is 11.6. The molecule has 0 atom stereocenters. The molecule has 11 heteroatoms. The van der Waals surface area contributed by atoms with Gasteiger partial charge in [-0.2, -0.15) is 13.2 Å². The molecule has 0 fully saturated rings. The Morgan fingerprint density at radius 2 is 1.65 bits per heavy atom. The van der Waals surface area contributed by atoms with Crippen LogP contribution in [0.25, 0.3) is 0 Å². The molecule has 0 spiro atoms. The van der Waals surface area contributed by atoms with Crippen molar-refractivity contribution in [1.29, 1.82) is 0 Å². The van der Waals surface area contributed by atoms with Gasteiger partial charge in [0.25, 0.3) is 15.9 Å². The zero-order valence-corrected chi connectivity index (χ0v) is 19.0. The lowest BCUT2D eigenvalue weighted by atomic mass is 10.2. The Morgan fingerprint density at radius 1 is 0.941 bits per heavy atom. The average Bonchev–Trinajstić information content (AvgIpc) is 2.78. The SMILES string of the molecule is COc1cc(C)ccc1OCC(=O)Nc1ccc(S(=O)(=O)Nc2cccc(C(F)(F)F)c2)cc1. The Balaban J connectivity index is 1.62. The minimum absolute atomic E-state index is 0.191. The number of carbonyl (C=O) groups excluding carboxylic acids is 1. The van der Waals surface area contributed by atoms with E-state index in [1.54, 1.807) is 12.1 Å². The maximum atomic E-state index is 12.9. The molecular formula is C23H21F3N2O5S. The summed E-state index contributed by atoms with van der Waals surface area (Å²) in [6.45, 7) is 1.58. The van der Waals surface area contributed by atoms with E-state index in [9.17, 15) is 26.4 Å². The average molecular weight is 494 g/mol. The van der Waals surface area contributed by atoms with Crippen LogP contribution in [0.4, 0.5) is 24.5 Å². The van der Waals surface area contributed by atoms with Crippen LogP contribution in [0.3, 0.4) is 0 Å². The summed E-state index contributed by atoms with van der Waals surface area (Å²) in [4.78, 5) is 12.0. The minimum Gasteiger partial charge on any atom is -0.493 e. The Labute approximate surface area is 194 Å². The summed E-state index contributed by atoms with van der Waals surface area (Å²) in [7, 11) is -2.66. The molecule has 0 unspecified atom stereocenters. The number of benzene rings is 3. The van der Waals surface area contributed by atoms with Gasteiger partial charge in [-0.3, -0.25) is 9.52 Å². The molecule has 0 aliphatic rings. The Kier molecular flexibility index (Phi) is 7.35. The Morgan fingerprint density at radius 3 is 2.29 bits per heavy atom. The molecule has 1 amide bonds. The van der Waals surface area contributed by atoms with Crippen LogP contribution in [0, 0.1) is 6.92 Å². The first-order chi connectivity index (χ1) is 16.0. The number of hydrogen-bond acceptors (Lipinski definition) is 5. The molecule has 0 heterocycles. The van der Waals surface area contributed by atoms with Gasteiger partial charge in [0.15, 0.2) is 18.1 Å². The largest absolute Gasteiger partial charge is 0.493 e. The Bertz CT molecular complexity index is 1280. The number of hydrogen-bond donors (Lipinski definition) is 2. The second-order valence-electron chi connectivity index (χ2n) is 7.20. The summed E-state index contributed by atoms with van der Waals surface area (Å²) < 4.78 is 76.4. The maximum Gasteiger partial charge on any atom is 0.416 e. The summed E-state index contributed by atoms with van der Waals surface area (Å²) >= 11 is 0. The highest BCUT2D eigenvalue weighted by molar-refractivity contribution is 7.92. The number of methoxy groups -OCH3 is 1. The fraction of sp³-hybridized carbons (Fsp3) is 0.174. The van der Waals surface area contributed by atoms with Gasteiger partial charge in [-0.1, -0.05) is 12.1 Å². The lowest BCUT2D eigenvalue weighted by Crippen LogP contribution is -2.20. The van der Waals surface area contributed by atoms with E-state index >= 15 is 0 Å². The number of alkyl halides is 3. The highest BCUT2D eigenvalue weighted by Crippen LogP contribution is 2.31. The van der Waals surface area contributed by atoms with Gasteiger partial charge in [0, 0.05) is 11.4 Å². The molecule has 2 N–H and O–H groups in total. The number of rotatable bonds is 8. The van der Waals surface area contributed by atoms with Gasteiger partial charge in [0.2, 0.25) is 0 Å². The van der Waals surface area contributed by atoms with Crippen molar-refractivity contribution in [3.8, 4) is 11.5 Å². The van der Waals surface area contributed by atoms with Crippen LogP contribution in [-0.2, 0) is 21.0 Å². The molecule has 0 radical (unpaired) electrons. The molecular weight excluding hydrogens is 473 g/mol. The number of aryl methyl sites for hydroxylation is 1. The minimum atomic E-state index is -4.60. The van der Waals surface area contributed by atoms with Crippen LogP contribution in [0.15, 0.2) is 71.6 Å². The fourth-order valence-corrected chi connectivity index (χ4v) is 3.97. The second-order valence-corrected chi connectivity index (χ2v) is 8.88. The van der Waals surface area contributed by atoms with E-state index in [1.807, 2.05) is 13.0 Å². The third-order valence-electron chi connectivity index (χ3n) is 4.57. The van der Waals surface area contributed by atoms with Crippen molar-refractivity contribution in [2.45, 2.75) is 18.0 Å². The molecule has 0 bridgehead atoms. The highest BCUT2D eigenvalue weighted by Gasteiger charge is 2.30. The van der Waals surface area contributed by atoms with E-state index in [0.29, 0.717) is 23.3 Å². The van der Waals surface area contributed by atoms with E-state index < -0.39 is 27.7 Å².